The highest BCUT2D eigenvalue weighted by molar-refractivity contribution is 5.89. The summed E-state index contributed by atoms with van der Waals surface area (Å²) in [6.07, 6.45) is 7.51. The third-order valence-electron chi connectivity index (χ3n) is 6.26. The zero-order valence-electron chi connectivity index (χ0n) is 17.8. The van der Waals surface area contributed by atoms with Gasteiger partial charge in [0.05, 0.1) is 30.0 Å². The van der Waals surface area contributed by atoms with E-state index in [1.807, 2.05) is 42.6 Å². The second-order valence-electron chi connectivity index (χ2n) is 8.55. The van der Waals surface area contributed by atoms with Crippen molar-refractivity contribution >= 4 is 11.8 Å². The minimum absolute atomic E-state index is 0.100. The van der Waals surface area contributed by atoms with Crippen molar-refractivity contribution in [2.75, 3.05) is 6.54 Å². The van der Waals surface area contributed by atoms with E-state index in [1.165, 1.54) is 24.6 Å². The van der Waals surface area contributed by atoms with Gasteiger partial charge < -0.3 is 10.2 Å². The Kier molecular flexibility index (Phi) is 5.66. The zero-order valence-corrected chi connectivity index (χ0v) is 17.8. The van der Waals surface area contributed by atoms with E-state index in [4.69, 9.17) is 0 Å². The Morgan fingerprint density at radius 2 is 1.94 bits per heavy atom. The number of nitrogens with zero attached hydrogens (tertiary/aromatic N) is 4. The van der Waals surface area contributed by atoms with Crippen LogP contribution in [-0.2, 0) is 16.0 Å². The lowest BCUT2D eigenvalue weighted by Crippen LogP contribution is -2.47. The summed E-state index contributed by atoms with van der Waals surface area (Å²) >= 11 is 0. The second kappa shape index (κ2) is 8.90. The molecule has 2 atom stereocenters. The first-order valence-electron chi connectivity index (χ1n) is 11.1. The Labute approximate surface area is 186 Å². The topological polar surface area (TPSA) is 104 Å². The van der Waals surface area contributed by atoms with Crippen LogP contribution in [0.1, 0.15) is 60.2 Å². The minimum atomic E-state index is -0.490. The van der Waals surface area contributed by atoms with Crippen LogP contribution in [0.3, 0.4) is 0 Å². The Balaban J connectivity index is 1.34. The third kappa shape index (κ3) is 4.39. The lowest BCUT2D eigenvalue weighted by atomic mass is 10.0. The van der Waals surface area contributed by atoms with Gasteiger partial charge in [0.2, 0.25) is 11.8 Å². The molecule has 3 heterocycles. The molecule has 32 heavy (non-hydrogen) atoms. The molecule has 164 valence electrons. The molecule has 0 radical (unpaired) electrons. The fourth-order valence-corrected chi connectivity index (χ4v) is 4.37. The summed E-state index contributed by atoms with van der Waals surface area (Å²) in [5.74, 6) is 0.377. The van der Waals surface area contributed by atoms with E-state index in [0.717, 1.165) is 17.7 Å². The van der Waals surface area contributed by atoms with Crippen molar-refractivity contribution in [3.8, 4) is 0 Å². The largest absolute Gasteiger partial charge is 0.342 e. The number of carbonyl (C=O) groups excluding carboxylic acids is 2. The number of carbonyl (C=O) groups is 2. The van der Waals surface area contributed by atoms with Crippen molar-refractivity contribution < 1.29 is 9.59 Å². The van der Waals surface area contributed by atoms with Gasteiger partial charge in [0.1, 0.15) is 6.04 Å². The highest BCUT2D eigenvalue weighted by atomic mass is 16.2. The van der Waals surface area contributed by atoms with Gasteiger partial charge in [-0.25, -0.2) is 0 Å². The fraction of sp³-hybridized carbons (Fsp3) is 0.375. The van der Waals surface area contributed by atoms with Crippen LogP contribution in [0.4, 0.5) is 0 Å². The van der Waals surface area contributed by atoms with E-state index >= 15 is 0 Å². The standard InChI is InChI=1S/C24H26N6O2/c31-22(13-19-15-26-29-28-19)30-12-4-7-21(30)24(32)27-23(17-5-2-1-3-6-17)20-11-10-18(14-25-20)16-8-9-16/h1-3,5-6,10-11,14-16,21,23H,4,7-9,12-13H2,(H,27,32)(H,26,28,29)/t21-,23?/m0/s1. The normalized spacial score (nSPS) is 19.0. The van der Waals surface area contributed by atoms with Crippen LogP contribution in [0.25, 0.3) is 0 Å². The molecule has 2 N–H and O–H groups in total. The van der Waals surface area contributed by atoms with Crippen LogP contribution in [0, 0.1) is 0 Å². The molecular weight excluding hydrogens is 404 g/mol. The van der Waals surface area contributed by atoms with Crippen LogP contribution in [0.5, 0.6) is 0 Å². The van der Waals surface area contributed by atoms with Crippen LogP contribution in [0.2, 0.25) is 0 Å². The van der Waals surface area contributed by atoms with E-state index < -0.39 is 6.04 Å². The number of rotatable bonds is 7. The summed E-state index contributed by atoms with van der Waals surface area (Å²) in [6, 6.07) is 13.1. The molecule has 3 aromatic rings. The molecule has 2 amide bonds. The Morgan fingerprint density at radius 1 is 1.09 bits per heavy atom. The Bertz CT molecular complexity index is 1060. The van der Waals surface area contributed by atoms with Gasteiger partial charge in [-0.3, -0.25) is 19.7 Å². The number of benzene rings is 1. The summed E-state index contributed by atoms with van der Waals surface area (Å²) in [5, 5.41) is 13.3. The maximum absolute atomic E-state index is 13.3. The van der Waals surface area contributed by atoms with Gasteiger partial charge in [0, 0.05) is 12.7 Å². The molecule has 2 aromatic heterocycles. The molecule has 0 spiro atoms. The fourth-order valence-electron chi connectivity index (χ4n) is 4.37. The van der Waals surface area contributed by atoms with Crippen molar-refractivity contribution in [3.05, 3.63) is 77.4 Å². The van der Waals surface area contributed by atoms with Crippen molar-refractivity contribution in [1.82, 2.24) is 30.6 Å². The zero-order chi connectivity index (χ0) is 21.9. The number of aromatic nitrogens is 4. The molecule has 2 aliphatic rings. The lowest BCUT2D eigenvalue weighted by Gasteiger charge is -2.27. The van der Waals surface area contributed by atoms with Crippen LogP contribution < -0.4 is 5.32 Å². The van der Waals surface area contributed by atoms with Gasteiger partial charge in [-0.05, 0) is 48.8 Å². The van der Waals surface area contributed by atoms with Crippen LogP contribution >= 0.6 is 0 Å². The van der Waals surface area contributed by atoms with Crippen LogP contribution in [0.15, 0.2) is 54.9 Å². The van der Waals surface area contributed by atoms with E-state index in [0.29, 0.717) is 24.6 Å². The second-order valence-corrected chi connectivity index (χ2v) is 8.55. The third-order valence-corrected chi connectivity index (χ3v) is 6.26. The highest BCUT2D eigenvalue weighted by Gasteiger charge is 2.35. The number of H-pyrrole nitrogens is 1. The molecule has 0 bridgehead atoms. The predicted octanol–water partition coefficient (Wildman–Crippen LogP) is 2.52. The molecule has 1 aliphatic carbocycles. The Morgan fingerprint density at radius 3 is 2.62 bits per heavy atom. The van der Waals surface area contributed by atoms with Crippen molar-refractivity contribution in [2.24, 2.45) is 0 Å². The Hall–Kier alpha value is -3.55. The van der Waals surface area contributed by atoms with Gasteiger partial charge in [-0.2, -0.15) is 0 Å². The summed E-state index contributed by atoms with van der Waals surface area (Å²) in [4.78, 5) is 32.5. The first-order valence-corrected chi connectivity index (χ1v) is 11.1. The van der Waals surface area contributed by atoms with E-state index in [2.05, 4.69) is 31.8 Å². The molecule has 8 nitrogen and oxygen atoms in total. The predicted molar refractivity (Wildman–Crippen MR) is 117 cm³/mol. The summed E-state index contributed by atoms with van der Waals surface area (Å²) in [7, 11) is 0. The van der Waals surface area contributed by atoms with Crippen molar-refractivity contribution in [3.63, 3.8) is 0 Å². The molecule has 1 unspecified atom stereocenters. The molecule has 1 saturated heterocycles. The van der Waals surface area contributed by atoms with Gasteiger partial charge in [0.15, 0.2) is 0 Å². The highest BCUT2D eigenvalue weighted by Crippen LogP contribution is 2.39. The van der Waals surface area contributed by atoms with Gasteiger partial charge >= 0.3 is 0 Å². The number of pyridine rings is 1. The average molecular weight is 431 g/mol. The molecule has 5 rings (SSSR count). The minimum Gasteiger partial charge on any atom is -0.342 e. The maximum Gasteiger partial charge on any atom is 0.243 e. The summed E-state index contributed by atoms with van der Waals surface area (Å²) in [5.41, 5.74) is 3.66. The van der Waals surface area contributed by atoms with Gasteiger partial charge in [0.25, 0.3) is 0 Å². The molecule has 1 saturated carbocycles. The number of nitrogens with one attached hydrogen (secondary N) is 2. The summed E-state index contributed by atoms with van der Waals surface area (Å²) < 4.78 is 0. The van der Waals surface area contributed by atoms with Crippen molar-refractivity contribution in [1.29, 1.82) is 0 Å². The van der Waals surface area contributed by atoms with E-state index in [-0.39, 0.29) is 24.3 Å². The first-order chi connectivity index (χ1) is 15.7. The molecule has 2 fully saturated rings. The first kappa shape index (κ1) is 20.4. The van der Waals surface area contributed by atoms with Gasteiger partial charge in [-0.15, -0.1) is 5.10 Å². The molecular formula is C24H26N6O2. The number of hydrogen-bond acceptors (Lipinski definition) is 5. The lowest BCUT2D eigenvalue weighted by molar-refractivity contribution is -0.138. The maximum atomic E-state index is 13.3. The van der Waals surface area contributed by atoms with E-state index in [1.54, 1.807) is 4.90 Å². The smallest absolute Gasteiger partial charge is 0.243 e. The monoisotopic (exact) mass is 430 g/mol. The number of likely N-dealkylation sites (tertiary alicyclic amines) is 1. The van der Waals surface area contributed by atoms with E-state index in [9.17, 15) is 9.59 Å². The summed E-state index contributed by atoms with van der Waals surface area (Å²) in [6.45, 7) is 0.572. The number of amides is 2. The van der Waals surface area contributed by atoms with Crippen molar-refractivity contribution in [2.45, 2.75) is 50.1 Å². The van der Waals surface area contributed by atoms with Gasteiger partial charge in [-0.1, -0.05) is 41.6 Å². The molecule has 1 aromatic carbocycles. The molecule has 8 heteroatoms. The quantitative estimate of drug-likeness (QED) is 0.599. The number of aromatic amines is 1. The number of hydrogen-bond donors (Lipinski definition) is 2. The van der Waals surface area contributed by atoms with Crippen LogP contribution in [-0.4, -0.2) is 49.7 Å². The SMILES string of the molecule is O=C(NC(c1ccccc1)c1ccc(C2CC2)cn1)[C@@H]1CCCN1C(=O)Cc1cnn[nH]1. The molecule has 1 aliphatic heterocycles. The average Bonchev–Trinajstić information content (AvgIpc) is 3.32.